The van der Waals surface area contributed by atoms with Crippen LogP contribution in [0.15, 0.2) is 0 Å². The lowest BCUT2D eigenvalue weighted by atomic mass is 10.0. The van der Waals surface area contributed by atoms with Crippen molar-refractivity contribution in [3.63, 3.8) is 0 Å². The number of rotatable bonds is 7. The van der Waals surface area contributed by atoms with Crippen LogP contribution in [0.5, 0.6) is 0 Å². The van der Waals surface area contributed by atoms with E-state index in [1.165, 1.54) is 0 Å². The predicted molar refractivity (Wildman–Crippen MR) is 53.0 cm³/mol. The lowest BCUT2D eigenvalue weighted by Crippen LogP contribution is -2.31. The van der Waals surface area contributed by atoms with Crippen LogP contribution in [0.1, 0.15) is 19.8 Å². The first-order chi connectivity index (χ1) is 6.56. The third-order valence-electron chi connectivity index (χ3n) is 1.75. The van der Waals surface area contributed by atoms with E-state index in [-0.39, 0.29) is 24.7 Å². The minimum absolute atomic E-state index is 0.0411. The Morgan fingerprint density at radius 3 is 2.43 bits per heavy atom. The quantitative estimate of drug-likeness (QED) is 0.500. The molecular weight excluding hydrogens is 184 g/mol. The van der Waals surface area contributed by atoms with Crippen LogP contribution in [-0.4, -0.2) is 37.1 Å². The Bertz CT molecular complexity index is 194. The van der Waals surface area contributed by atoms with Crippen LogP contribution in [0, 0.1) is 5.92 Å². The average molecular weight is 202 g/mol. The molecule has 5 nitrogen and oxygen atoms in total. The smallest absolute Gasteiger partial charge is 0.303 e. The van der Waals surface area contributed by atoms with Crippen molar-refractivity contribution in [3.05, 3.63) is 0 Å². The molecule has 82 valence electrons. The molecular formula is C9H18N2O3. The van der Waals surface area contributed by atoms with Gasteiger partial charge >= 0.3 is 5.97 Å². The SMILES string of the molecule is CNCCNC(=O)CC(C)CC(=O)O. The number of nitrogens with one attached hydrogen (secondary N) is 2. The standard InChI is InChI=1S/C9H18N2O3/c1-7(6-9(13)14)5-8(12)11-4-3-10-2/h7,10H,3-6H2,1-2H3,(H,11,12)(H,13,14). The molecule has 0 radical (unpaired) electrons. The van der Waals surface area contributed by atoms with Crippen molar-refractivity contribution in [1.82, 2.24) is 10.6 Å². The Morgan fingerprint density at radius 2 is 1.93 bits per heavy atom. The Kier molecular flexibility index (Phi) is 6.74. The van der Waals surface area contributed by atoms with Crippen LogP contribution >= 0.6 is 0 Å². The third kappa shape index (κ3) is 7.54. The van der Waals surface area contributed by atoms with Gasteiger partial charge in [-0.15, -0.1) is 0 Å². The summed E-state index contributed by atoms with van der Waals surface area (Å²) in [5, 5.41) is 14.1. The summed E-state index contributed by atoms with van der Waals surface area (Å²) in [7, 11) is 1.80. The second-order valence-electron chi connectivity index (χ2n) is 3.36. The highest BCUT2D eigenvalue weighted by atomic mass is 16.4. The summed E-state index contributed by atoms with van der Waals surface area (Å²) in [5.41, 5.74) is 0. The first-order valence-electron chi connectivity index (χ1n) is 4.69. The summed E-state index contributed by atoms with van der Waals surface area (Å²) in [6, 6.07) is 0. The Labute approximate surface area is 83.9 Å². The van der Waals surface area contributed by atoms with Crippen molar-refractivity contribution in [3.8, 4) is 0 Å². The molecule has 1 atom stereocenters. The molecule has 1 amide bonds. The molecule has 0 heterocycles. The maximum atomic E-state index is 11.2. The van der Waals surface area contributed by atoms with Gasteiger partial charge in [0.1, 0.15) is 0 Å². The maximum Gasteiger partial charge on any atom is 0.303 e. The van der Waals surface area contributed by atoms with Gasteiger partial charge in [0.05, 0.1) is 0 Å². The zero-order valence-electron chi connectivity index (χ0n) is 8.67. The summed E-state index contributed by atoms with van der Waals surface area (Å²) in [6.07, 6.45) is 0.315. The van der Waals surface area contributed by atoms with Gasteiger partial charge in [0.2, 0.25) is 5.91 Å². The zero-order valence-corrected chi connectivity index (χ0v) is 8.67. The number of hydrogen-bond acceptors (Lipinski definition) is 3. The molecule has 1 unspecified atom stereocenters. The molecule has 0 spiro atoms. The highest BCUT2D eigenvalue weighted by Gasteiger charge is 2.11. The van der Waals surface area contributed by atoms with E-state index in [4.69, 9.17) is 5.11 Å². The third-order valence-corrected chi connectivity index (χ3v) is 1.75. The summed E-state index contributed by atoms with van der Waals surface area (Å²) in [6.45, 7) is 3.06. The number of hydrogen-bond donors (Lipinski definition) is 3. The number of amides is 1. The Balaban J connectivity index is 3.55. The Hall–Kier alpha value is -1.10. The molecule has 14 heavy (non-hydrogen) atoms. The van der Waals surface area contributed by atoms with Gasteiger partial charge in [0.15, 0.2) is 0 Å². The minimum atomic E-state index is -0.861. The molecule has 0 saturated carbocycles. The minimum Gasteiger partial charge on any atom is -0.481 e. The first kappa shape index (κ1) is 12.9. The van der Waals surface area contributed by atoms with Crippen LogP contribution in [-0.2, 0) is 9.59 Å². The van der Waals surface area contributed by atoms with Crippen LogP contribution in [0.3, 0.4) is 0 Å². The molecule has 3 N–H and O–H groups in total. The van der Waals surface area contributed by atoms with E-state index in [1.54, 1.807) is 14.0 Å². The van der Waals surface area contributed by atoms with Crippen LogP contribution in [0.25, 0.3) is 0 Å². The van der Waals surface area contributed by atoms with Gasteiger partial charge < -0.3 is 15.7 Å². The van der Waals surface area contributed by atoms with Gasteiger partial charge in [-0.3, -0.25) is 9.59 Å². The first-order valence-corrected chi connectivity index (χ1v) is 4.69. The van der Waals surface area contributed by atoms with E-state index in [2.05, 4.69) is 10.6 Å². The number of carboxylic acids is 1. The molecule has 0 bridgehead atoms. The van der Waals surface area contributed by atoms with Crippen molar-refractivity contribution in [2.24, 2.45) is 5.92 Å². The van der Waals surface area contributed by atoms with E-state index in [0.717, 1.165) is 6.54 Å². The highest BCUT2D eigenvalue weighted by molar-refractivity contribution is 5.77. The van der Waals surface area contributed by atoms with Gasteiger partial charge in [-0.1, -0.05) is 6.92 Å². The number of carboxylic acid groups (broad SMARTS) is 1. The monoisotopic (exact) mass is 202 g/mol. The second kappa shape index (κ2) is 7.32. The molecule has 0 aromatic rings. The van der Waals surface area contributed by atoms with Crippen molar-refractivity contribution < 1.29 is 14.7 Å². The second-order valence-corrected chi connectivity index (χ2v) is 3.36. The fraction of sp³-hybridized carbons (Fsp3) is 0.778. The molecule has 0 aliphatic rings. The molecule has 0 rings (SSSR count). The van der Waals surface area contributed by atoms with Crippen molar-refractivity contribution in [1.29, 1.82) is 0 Å². The van der Waals surface area contributed by atoms with Crippen LogP contribution < -0.4 is 10.6 Å². The largest absolute Gasteiger partial charge is 0.481 e. The van der Waals surface area contributed by atoms with Crippen LogP contribution in [0.2, 0.25) is 0 Å². The van der Waals surface area contributed by atoms with Gasteiger partial charge in [0.25, 0.3) is 0 Å². The van der Waals surface area contributed by atoms with E-state index >= 15 is 0 Å². The maximum absolute atomic E-state index is 11.2. The number of likely N-dealkylation sites (N-methyl/N-ethyl adjacent to an activating group) is 1. The van der Waals surface area contributed by atoms with Crippen molar-refractivity contribution in [2.45, 2.75) is 19.8 Å². The molecule has 0 aliphatic carbocycles. The van der Waals surface area contributed by atoms with Crippen molar-refractivity contribution in [2.75, 3.05) is 20.1 Å². The molecule has 0 saturated heterocycles. The van der Waals surface area contributed by atoms with Gasteiger partial charge in [-0.05, 0) is 13.0 Å². The fourth-order valence-electron chi connectivity index (χ4n) is 1.09. The lowest BCUT2D eigenvalue weighted by molar-refractivity contribution is -0.138. The zero-order chi connectivity index (χ0) is 11.0. The van der Waals surface area contributed by atoms with E-state index in [0.29, 0.717) is 6.54 Å². The highest BCUT2D eigenvalue weighted by Crippen LogP contribution is 2.06. The summed E-state index contributed by atoms with van der Waals surface area (Å²) < 4.78 is 0. The normalized spacial score (nSPS) is 12.1. The number of carbonyl (C=O) groups is 2. The van der Waals surface area contributed by atoms with E-state index in [1.807, 2.05) is 0 Å². The van der Waals surface area contributed by atoms with E-state index in [9.17, 15) is 9.59 Å². The van der Waals surface area contributed by atoms with Gasteiger partial charge in [0, 0.05) is 25.9 Å². The topological polar surface area (TPSA) is 78.4 Å². The molecule has 5 heteroatoms. The van der Waals surface area contributed by atoms with Gasteiger partial charge in [-0.25, -0.2) is 0 Å². The molecule has 0 aliphatic heterocycles. The van der Waals surface area contributed by atoms with Crippen LogP contribution in [0.4, 0.5) is 0 Å². The average Bonchev–Trinajstić information content (AvgIpc) is 2.02. The Morgan fingerprint density at radius 1 is 1.29 bits per heavy atom. The van der Waals surface area contributed by atoms with Crippen molar-refractivity contribution >= 4 is 11.9 Å². The predicted octanol–water partition coefficient (Wildman–Crippen LogP) is -0.177. The molecule has 0 fully saturated rings. The molecule has 0 aromatic carbocycles. The van der Waals surface area contributed by atoms with E-state index < -0.39 is 5.97 Å². The molecule has 0 aromatic heterocycles. The summed E-state index contributed by atoms with van der Waals surface area (Å²) in [5.74, 6) is -1.06. The van der Waals surface area contributed by atoms with Gasteiger partial charge in [-0.2, -0.15) is 0 Å². The summed E-state index contributed by atoms with van der Waals surface area (Å²) >= 11 is 0. The number of aliphatic carboxylic acids is 1. The lowest BCUT2D eigenvalue weighted by Gasteiger charge is -2.08. The summed E-state index contributed by atoms with van der Waals surface area (Å²) in [4.78, 5) is 21.5. The fourth-order valence-corrected chi connectivity index (χ4v) is 1.09. The number of carbonyl (C=O) groups excluding carboxylic acids is 1.